The molecule has 1 atom stereocenters. The third-order valence-corrected chi connectivity index (χ3v) is 4.76. The van der Waals surface area contributed by atoms with E-state index in [-0.39, 0.29) is 5.91 Å². The number of carbonyl (C=O) groups is 1. The Bertz CT molecular complexity index is 973. The molecule has 3 rings (SSSR count). The van der Waals surface area contributed by atoms with Crippen LogP contribution in [0.3, 0.4) is 0 Å². The molecular weight excluding hydrogens is 374 g/mol. The van der Waals surface area contributed by atoms with Gasteiger partial charge in [0.1, 0.15) is 11.5 Å². The lowest BCUT2D eigenvalue weighted by molar-refractivity contribution is -0.123. The van der Waals surface area contributed by atoms with Crippen LogP contribution in [0.4, 0.5) is 5.69 Å². The van der Waals surface area contributed by atoms with Gasteiger partial charge in [0.15, 0.2) is 0 Å². The van der Waals surface area contributed by atoms with Crippen molar-refractivity contribution in [1.29, 1.82) is 0 Å². The van der Waals surface area contributed by atoms with Gasteiger partial charge in [-0.15, -0.1) is 0 Å². The summed E-state index contributed by atoms with van der Waals surface area (Å²) in [4.78, 5) is 13.1. The molecular formula is C23H22ClNO3. The van der Waals surface area contributed by atoms with Crippen LogP contribution in [0, 0.1) is 13.8 Å². The lowest BCUT2D eigenvalue weighted by Crippen LogP contribution is -2.26. The Hall–Kier alpha value is -2.98. The summed E-state index contributed by atoms with van der Waals surface area (Å²) in [6.07, 6.45) is -0.827. The average Bonchev–Trinajstić information content (AvgIpc) is 2.69. The molecule has 28 heavy (non-hydrogen) atoms. The number of aryl methyl sites for hydroxylation is 2. The van der Waals surface area contributed by atoms with Crippen molar-refractivity contribution in [1.82, 2.24) is 0 Å². The fraction of sp³-hybridized carbons (Fsp3) is 0.174. The number of hydrogen-bond acceptors (Lipinski definition) is 3. The molecule has 0 unspecified atom stereocenters. The van der Waals surface area contributed by atoms with Crippen molar-refractivity contribution in [3.05, 3.63) is 88.4 Å². The van der Waals surface area contributed by atoms with Gasteiger partial charge in [-0.25, -0.2) is 0 Å². The molecule has 0 aromatic heterocycles. The van der Waals surface area contributed by atoms with Crippen molar-refractivity contribution in [3.63, 3.8) is 0 Å². The van der Waals surface area contributed by atoms with E-state index >= 15 is 0 Å². The summed E-state index contributed by atoms with van der Waals surface area (Å²) in [7, 11) is 1.57. The van der Waals surface area contributed by atoms with Crippen LogP contribution < -0.4 is 14.8 Å². The number of rotatable bonds is 6. The van der Waals surface area contributed by atoms with Crippen LogP contribution in [0.5, 0.6) is 11.5 Å². The standard InChI is InChI=1S/C23H22ClNO3/c1-15-9-12-21(27-3)20(13-15)25-23(26)22(17-7-5-4-6-8-17)28-18-10-11-19(24)16(2)14-18/h4-14,22H,1-3H3,(H,25,26)/t22-/m0/s1. The molecule has 3 aromatic rings. The minimum Gasteiger partial charge on any atom is -0.495 e. The highest BCUT2D eigenvalue weighted by Crippen LogP contribution is 2.30. The largest absolute Gasteiger partial charge is 0.495 e. The van der Waals surface area contributed by atoms with Gasteiger partial charge in [0.25, 0.3) is 5.91 Å². The van der Waals surface area contributed by atoms with Gasteiger partial charge in [0.05, 0.1) is 12.8 Å². The van der Waals surface area contributed by atoms with E-state index in [4.69, 9.17) is 21.1 Å². The average molecular weight is 396 g/mol. The molecule has 3 aromatic carbocycles. The first-order valence-electron chi connectivity index (χ1n) is 8.91. The molecule has 0 saturated carbocycles. The number of halogens is 1. The predicted molar refractivity (Wildman–Crippen MR) is 112 cm³/mol. The predicted octanol–water partition coefficient (Wildman–Crippen LogP) is 5.72. The van der Waals surface area contributed by atoms with E-state index in [0.717, 1.165) is 16.7 Å². The van der Waals surface area contributed by atoms with Crippen molar-refractivity contribution in [2.75, 3.05) is 12.4 Å². The number of anilines is 1. The third-order valence-electron chi connectivity index (χ3n) is 4.34. The number of methoxy groups -OCH3 is 1. The van der Waals surface area contributed by atoms with Gasteiger partial charge in [-0.1, -0.05) is 48.0 Å². The summed E-state index contributed by atoms with van der Waals surface area (Å²) in [5.74, 6) is 0.873. The van der Waals surface area contributed by atoms with Crippen LogP contribution in [0.2, 0.25) is 5.02 Å². The molecule has 0 aliphatic carbocycles. The van der Waals surface area contributed by atoms with Gasteiger partial charge in [0.2, 0.25) is 6.10 Å². The fourth-order valence-electron chi connectivity index (χ4n) is 2.85. The van der Waals surface area contributed by atoms with Gasteiger partial charge in [-0.2, -0.15) is 0 Å². The van der Waals surface area contributed by atoms with Crippen LogP contribution in [-0.4, -0.2) is 13.0 Å². The Balaban J connectivity index is 1.91. The Labute approximate surface area is 170 Å². The van der Waals surface area contributed by atoms with E-state index in [1.165, 1.54) is 0 Å². The molecule has 0 radical (unpaired) electrons. The summed E-state index contributed by atoms with van der Waals surface area (Å²) in [5, 5.41) is 3.58. The topological polar surface area (TPSA) is 47.6 Å². The Morgan fingerprint density at radius 2 is 1.75 bits per heavy atom. The molecule has 144 valence electrons. The SMILES string of the molecule is COc1ccc(C)cc1NC(=O)[C@@H](Oc1ccc(Cl)c(C)c1)c1ccccc1. The van der Waals surface area contributed by atoms with Gasteiger partial charge < -0.3 is 14.8 Å². The number of nitrogens with one attached hydrogen (secondary N) is 1. The summed E-state index contributed by atoms with van der Waals surface area (Å²) >= 11 is 6.10. The number of benzene rings is 3. The molecule has 5 heteroatoms. The van der Waals surface area contributed by atoms with Gasteiger partial charge in [-0.3, -0.25) is 4.79 Å². The first-order chi connectivity index (χ1) is 13.5. The monoisotopic (exact) mass is 395 g/mol. The minimum absolute atomic E-state index is 0.289. The quantitative estimate of drug-likeness (QED) is 0.580. The molecule has 0 saturated heterocycles. The zero-order valence-corrected chi connectivity index (χ0v) is 16.8. The Morgan fingerprint density at radius 1 is 1.00 bits per heavy atom. The lowest BCUT2D eigenvalue weighted by atomic mass is 10.1. The van der Waals surface area contributed by atoms with Crippen LogP contribution >= 0.6 is 11.6 Å². The summed E-state index contributed by atoms with van der Waals surface area (Å²) in [5.41, 5.74) is 3.25. The second-order valence-corrected chi connectivity index (χ2v) is 6.92. The molecule has 0 heterocycles. The maximum absolute atomic E-state index is 13.1. The molecule has 1 amide bonds. The first-order valence-corrected chi connectivity index (χ1v) is 9.29. The van der Waals surface area contributed by atoms with Crippen molar-refractivity contribution in [3.8, 4) is 11.5 Å². The minimum atomic E-state index is -0.827. The summed E-state index contributed by atoms with van der Waals surface area (Å²) in [6.45, 7) is 3.85. The van der Waals surface area contributed by atoms with Crippen LogP contribution in [0.15, 0.2) is 66.7 Å². The molecule has 0 bridgehead atoms. The number of ether oxygens (including phenoxy) is 2. The Kier molecular flexibility index (Phi) is 6.22. The third kappa shape index (κ3) is 4.65. The smallest absolute Gasteiger partial charge is 0.270 e. The Morgan fingerprint density at radius 3 is 2.43 bits per heavy atom. The van der Waals surface area contributed by atoms with E-state index in [0.29, 0.717) is 22.2 Å². The zero-order valence-electron chi connectivity index (χ0n) is 16.0. The number of hydrogen-bond donors (Lipinski definition) is 1. The van der Waals surface area contributed by atoms with Gasteiger partial charge in [-0.05, 0) is 55.3 Å². The van der Waals surface area contributed by atoms with E-state index < -0.39 is 6.10 Å². The highest BCUT2D eigenvalue weighted by Gasteiger charge is 2.24. The maximum atomic E-state index is 13.1. The van der Waals surface area contributed by atoms with Crippen molar-refractivity contribution in [2.24, 2.45) is 0 Å². The molecule has 0 spiro atoms. The van der Waals surface area contributed by atoms with Crippen molar-refractivity contribution >= 4 is 23.2 Å². The lowest BCUT2D eigenvalue weighted by Gasteiger charge is -2.20. The van der Waals surface area contributed by atoms with Gasteiger partial charge in [0, 0.05) is 10.6 Å². The van der Waals surface area contributed by atoms with E-state index in [2.05, 4.69) is 5.32 Å². The van der Waals surface area contributed by atoms with Crippen molar-refractivity contribution < 1.29 is 14.3 Å². The van der Waals surface area contributed by atoms with E-state index in [1.54, 1.807) is 19.2 Å². The first kappa shape index (κ1) is 19.8. The van der Waals surface area contributed by atoms with Gasteiger partial charge >= 0.3 is 0 Å². The second kappa shape index (κ2) is 8.81. The number of carbonyl (C=O) groups excluding carboxylic acids is 1. The molecule has 0 fully saturated rings. The van der Waals surface area contributed by atoms with Crippen molar-refractivity contribution in [2.45, 2.75) is 20.0 Å². The van der Waals surface area contributed by atoms with Crippen LogP contribution in [-0.2, 0) is 4.79 Å². The molecule has 0 aliphatic rings. The maximum Gasteiger partial charge on any atom is 0.270 e. The van der Waals surface area contributed by atoms with E-state index in [1.807, 2.05) is 68.4 Å². The molecule has 0 aliphatic heterocycles. The zero-order chi connectivity index (χ0) is 20.1. The number of amides is 1. The molecule has 4 nitrogen and oxygen atoms in total. The van der Waals surface area contributed by atoms with Crippen LogP contribution in [0.1, 0.15) is 22.8 Å². The highest BCUT2D eigenvalue weighted by atomic mass is 35.5. The van der Waals surface area contributed by atoms with Crippen LogP contribution in [0.25, 0.3) is 0 Å². The summed E-state index contributed by atoms with van der Waals surface area (Å²) < 4.78 is 11.4. The second-order valence-electron chi connectivity index (χ2n) is 6.51. The normalized spacial score (nSPS) is 11.6. The molecule has 1 N–H and O–H groups in total. The summed E-state index contributed by atoms with van der Waals surface area (Å²) in [6, 6.07) is 20.3. The fourth-order valence-corrected chi connectivity index (χ4v) is 2.96. The van der Waals surface area contributed by atoms with E-state index in [9.17, 15) is 4.79 Å². The highest BCUT2D eigenvalue weighted by molar-refractivity contribution is 6.31.